The first-order valence-electron chi connectivity index (χ1n) is 9.58. The van der Waals surface area contributed by atoms with Crippen LogP contribution >= 0.6 is 22.9 Å². The van der Waals surface area contributed by atoms with E-state index in [9.17, 15) is 0 Å². The highest BCUT2D eigenvalue weighted by molar-refractivity contribution is 14.1. The van der Waals surface area contributed by atoms with Gasteiger partial charge in [0.2, 0.25) is 0 Å². The lowest BCUT2D eigenvalue weighted by molar-refractivity contribution is 0.0511. The van der Waals surface area contributed by atoms with Gasteiger partial charge in [-0.3, -0.25) is 0 Å². The van der Waals surface area contributed by atoms with E-state index in [-0.39, 0.29) is 6.79 Å². The molecule has 30 heavy (non-hydrogen) atoms. The van der Waals surface area contributed by atoms with Gasteiger partial charge in [-0.05, 0) is 25.1 Å². The first-order chi connectivity index (χ1) is 14.7. The van der Waals surface area contributed by atoms with E-state index in [4.69, 9.17) is 24.2 Å². The van der Waals surface area contributed by atoms with Crippen LogP contribution < -0.4 is 9.64 Å². The van der Waals surface area contributed by atoms with Crippen LogP contribution in [0.5, 0.6) is 5.75 Å². The number of halogens is 1. The number of nitrogens with zero attached hydrogens (tertiary/aromatic N) is 5. The van der Waals surface area contributed by atoms with Gasteiger partial charge in [0.15, 0.2) is 18.4 Å². The summed E-state index contributed by atoms with van der Waals surface area (Å²) in [6, 6.07) is 9.70. The van der Waals surface area contributed by atoms with Gasteiger partial charge in [0.25, 0.3) is 0 Å². The Balaban J connectivity index is 1.84. The molecule has 0 saturated carbocycles. The number of ether oxygens (including phenoxy) is 3. The van der Waals surface area contributed by atoms with E-state index < -0.39 is 0 Å². The van der Waals surface area contributed by atoms with Crippen molar-refractivity contribution in [2.24, 2.45) is 3.21 Å². The zero-order chi connectivity index (χ0) is 20.9. The zero-order valence-electron chi connectivity index (χ0n) is 16.8. The van der Waals surface area contributed by atoms with Crippen molar-refractivity contribution < 1.29 is 14.2 Å². The maximum Gasteiger partial charge on any atom is 0.188 e. The highest BCUT2D eigenvalue weighted by atomic mass is 127. The molecule has 1 aromatic carbocycles. The lowest BCUT2D eigenvalue weighted by Crippen LogP contribution is -2.37. The van der Waals surface area contributed by atoms with Crippen molar-refractivity contribution in [2.45, 2.75) is 6.92 Å². The van der Waals surface area contributed by atoms with Gasteiger partial charge in [-0.2, -0.15) is 0 Å². The van der Waals surface area contributed by atoms with Gasteiger partial charge in [0, 0.05) is 37.5 Å². The van der Waals surface area contributed by atoms with Gasteiger partial charge in [-0.1, -0.05) is 12.1 Å². The number of fused-ring (bicyclic) bond motifs is 1. The maximum atomic E-state index is 5.58. The normalized spacial score (nSPS) is 14.9. The van der Waals surface area contributed by atoms with Crippen LogP contribution in [0.2, 0.25) is 0 Å². The summed E-state index contributed by atoms with van der Waals surface area (Å²) in [5.41, 5.74) is 4.25. The van der Waals surface area contributed by atoms with Crippen molar-refractivity contribution in [3.63, 3.8) is 0 Å². The third-order valence-electron chi connectivity index (χ3n) is 4.81. The van der Waals surface area contributed by atoms with Gasteiger partial charge in [-0.15, -0.1) is 0 Å². The second-order valence-corrected chi connectivity index (χ2v) is 7.29. The number of morpholine rings is 1. The Kier molecular flexibility index (Phi) is 6.70. The maximum absolute atomic E-state index is 5.58. The molecule has 0 aliphatic carbocycles. The van der Waals surface area contributed by atoms with Crippen LogP contribution in [-0.2, 0) is 9.47 Å². The van der Waals surface area contributed by atoms with Crippen molar-refractivity contribution in [1.82, 2.24) is 15.0 Å². The summed E-state index contributed by atoms with van der Waals surface area (Å²) in [6.07, 6.45) is 1.83. The van der Waals surface area contributed by atoms with Crippen molar-refractivity contribution in [3.05, 3.63) is 42.1 Å². The van der Waals surface area contributed by atoms with Gasteiger partial charge in [-0.25, -0.2) is 18.2 Å². The van der Waals surface area contributed by atoms with Crippen LogP contribution in [-0.4, -0.2) is 60.9 Å². The molecule has 0 spiro atoms. The summed E-state index contributed by atoms with van der Waals surface area (Å²) in [5, 5.41) is 0. The molecule has 0 radical (unpaired) electrons. The second kappa shape index (κ2) is 9.63. The predicted octanol–water partition coefficient (Wildman–Crippen LogP) is 3.67. The second-order valence-electron chi connectivity index (χ2n) is 6.81. The molecular weight excluding hydrogens is 497 g/mol. The van der Waals surface area contributed by atoms with Crippen molar-refractivity contribution >= 4 is 45.4 Å². The van der Waals surface area contributed by atoms with E-state index in [2.05, 4.69) is 13.1 Å². The molecule has 0 amide bonds. The van der Waals surface area contributed by atoms with Crippen LogP contribution in [0.25, 0.3) is 22.4 Å². The number of aromatic nitrogens is 3. The standard InChI is InChI=1S/C21H22IN5O3/c1-14(26-22)16-11-18-19(23-12-16)21(27-6-8-29-9-7-27)25-20(24-18)15-4-3-5-17(10-15)30-13-28-2/h3-5,10-12H,6-9,13H2,1-2H3/b26-14+. The molecule has 3 heterocycles. The van der Waals surface area contributed by atoms with Crippen molar-refractivity contribution in [3.8, 4) is 17.1 Å². The third-order valence-corrected chi connectivity index (χ3v) is 5.53. The highest BCUT2D eigenvalue weighted by Gasteiger charge is 2.19. The third kappa shape index (κ3) is 4.52. The number of hydrogen-bond donors (Lipinski definition) is 0. The Morgan fingerprint density at radius 2 is 2.07 bits per heavy atom. The molecule has 4 rings (SSSR count). The molecule has 0 atom stereocenters. The van der Waals surface area contributed by atoms with Gasteiger partial charge < -0.3 is 19.1 Å². The Labute approximate surface area is 188 Å². The number of hydrogen-bond acceptors (Lipinski definition) is 8. The lowest BCUT2D eigenvalue weighted by Gasteiger charge is -2.28. The Morgan fingerprint density at radius 3 is 2.83 bits per heavy atom. The van der Waals surface area contributed by atoms with Crippen LogP contribution in [0.1, 0.15) is 12.5 Å². The number of rotatable bonds is 6. The summed E-state index contributed by atoms with van der Waals surface area (Å²) in [7, 11) is 1.59. The fraction of sp³-hybridized carbons (Fsp3) is 0.333. The minimum Gasteiger partial charge on any atom is -0.468 e. The molecule has 1 fully saturated rings. The molecule has 3 aromatic rings. The average molecular weight is 519 g/mol. The van der Waals surface area contributed by atoms with Crippen LogP contribution in [0.3, 0.4) is 0 Å². The number of anilines is 1. The summed E-state index contributed by atoms with van der Waals surface area (Å²) in [6.45, 7) is 5.00. The Morgan fingerprint density at radius 1 is 1.23 bits per heavy atom. The van der Waals surface area contributed by atoms with Gasteiger partial charge >= 0.3 is 0 Å². The van der Waals surface area contributed by atoms with E-state index >= 15 is 0 Å². The number of methoxy groups -OCH3 is 1. The first-order valence-corrected chi connectivity index (χ1v) is 10.5. The SMILES string of the molecule is COCOc1cccc(-c2nc(N3CCOCC3)c3ncc(/C(C)=N/I)cc3n2)c1. The molecule has 8 nitrogen and oxygen atoms in total. The summed E-state index contributed by atoms with van der Waals surface area (Å²) >= 11 is 1.99. The predicted molar refractivity (Wildman–Crippen MR) is 125 cm³/mol. The zero-order valence-corrected chi connectivity index (χ0v) is 19.0. The van der Waals surface area contributed by atoms with Crippen LogP contribution in [0.4, 0.5) is 5.82 Å². The molecule has 1 saturated heterocycles. The molecule has 0 bridgehead atoms. The van der Waals surface area contributed by atoms with Gasteiger partial charge in [0.05, 0.1) is 47.3 Å². The summed E-state index contributed by atoms with van der Waals surface area (Å²) in [5.74, 6) is 2.14. The smallest absolute Gasteiger partial charge is 0.188 e. The molecule has 0 unspecified atom stereocenters. The van der Waals surface area contributed by atoms with E-state index in [1.54, 1.807) is 7.11 Å². The number of pyridine rings is 1. The monoisotopic (exact) mass is 519 g/mol. The summed E-state index contributed by atoms with van der Waals surface area (Å²) < 4.78 is 20.3. The number of benzene rings is 1. The quantitative estimate of drug-likeness (QED) is 0.279. The van der Waals surface area contributed by atoms with E-state index in [0.717, 1.165) is 46.8 Å². The van der Waals surface area contributed by atoms with Crippen molar-refractivity contribution in [1.29, 1.82) is 0 Å². The lowest BCUT2D eigenvalue weighted by atomic mass is 10.1. The Bertz CT molecular complexity index is 1070. The van der Waals surface area contributed by atoms with E-state index in [0.29, 0.717) is 24.8 Å². The van der Waals surface area contributed by atoms with E-state index in [1.807, 2.05) is 66.3 Å². The van der Waals surface area contributed by atoms with Crippen molar-refractivity contribution in [2.75, 3.05) is 45.1 Å². The first kappa shape index (κ1) is 20.9. The molecular formula is C21H22IN5O3. The fourth-order valence-corrected chi connectivity index (χ4v) is 3.50. The minimum atomic E-state index is 0.184. The fourth-order valence-electron chi connectivity index (χ4n) is 3.23. The topological polar surface area (TPSA) is 82.0 Å². The van der Waals surface area contributed by atoms with Gasteiger partial charge in [0.1, 0.15) is 11.3 Å². The largest absolute Gasteiger partial charge is 0.468 e. The molecule has 1 aliphatic rings. The molecule has 2 aromatic heterocycles. The molecule has 9 heteroatoms. The minimum absolute atomic E-state index is 0.184. The molecule has 156 valence electrons. The van der Waals surface area contributed by atoms with E-state index in [1.165, 1.54) is 0 Å². The van der Waals surface area contributed by atoms with Crippen LogP contribution in [0, 0.1) is 0 Å². The average Bonchev–Trinajstić information content (AvgIpc) is 2.81. The summed E-state index contributed by atoms with van der Waals surface area (Å²) in [4.78, 5) is 16.6. The van der Waals surface area contributed by atoms with Crippen LogP contribution in [0.15, 0.2) is 39.7 Å². The molecule has 1 aliphatic heterocycles. The highest BCUT2D eigenvalue weighted by Crippen LogP contribution is 2.29. The molecule has 0 N–H and O–H groups in total. The Hall–Kier alpha value is -2.37.